The summed E-state index contributed by atoms with van der Waals surface area (Å²) in [4.78, 5) is 10.7. The number of aryl methyl sites for hydroxylation is 1. The number of carbonyl (C=O) groups excluding carboxylic acids is 1. The minimum Gasteiger partial charge on any atom is -0.434 e. The summed E-state index contributed by atoms with van der Waals surface area (Å²) in [6.07, 6.45) is 0.920. The Labute approximate surface area is 99.8 Å². The molecule has 0 aromatic heterocycles. The van der Waals surface area contributed by atoms with Gasteiger partial charge in [0.25, 0.3) is 10.1 Å². The van der Waals surface area contributed by atoms with Crippen molar-refractivity contribution in [1.29, 1.82) is 0 Å². The highest BCUT2D eigenvalue weighted by Crippen LogP contribution is 2.16. The molecule has 1 aromatic rings. The van der Waals surface area contributed by atoms with Gasteiger partial charge in [0, 0.05) is 6.08 Å². The van der Waals surface area contributed by atoms with E-state index >= 15 is 0 Å². The maximum Gasteiger partial charge on any atom is 0.332 e. The van der Waals surface area contributed by atoms with Gasteiger partial charge in [-0.1, -0.05) is 24.8 Å². The Morgan fingerprint density at radius 2 is 2.06 bits per heavy atom. The highest BCUT2D eigenvalue weighted by molar-refractivity contribution is 7.86. The molecule has 17 heavy (non-hydrogen) atoms. The normalized spacial score (nSPS) is 10.9. The Hall–Kier alpha value is -1.66. The van der Waals surface area contributed by atoms with E-state index in [0.717, 1.165) is 6.08 Å². The summed E-state index contributed by atoms with van der Waals surface area (Å²) in [6, 6.07) is 6.36. The van der Waals surface area contributed by atoms with Crippen molar-refractivity contribution in [1.82, 2.24) is 0 Å². The summed E-state index contributed by atoms with van der Waals surface area (Å²) in [5, 5.41) is 0. The van der Waals surface area contributed by atoms with Crippen molar-refractivity contribution < 1.29 is 22.1 Å². The molecule has 0 aliphatic rings. The smallest absolute Gasteiger partial charge is 0.332 e. The molecule has 0 atom stereocenters. The van der Waals surface area contributed by atoms with E-state index in [2.05, 4.69) is 15.5 Å². The summed E-state index contributed by atoms with van der Waals surface area (Å²) < 4.78 is 32.3. The van der Waals surface area contributed by atoms with Gasteiger partial charge in [0.2, 0.25) is 6.79 Å². The van der Waals surface area contributed by atoms with E-state index in [1.807, 2.05) is 0 Å². The third-order valence-corrected chi connectivity index (χ3v) is 3.34. The molecule has 0 fully saturated rings. The predicted molar refractivity (Wildman–Crippen MR) is 60.6 cm³/mol. The number of hydrogen-bond acceptors (Lipinski definition) is 5. The van der Waals surface area contributed by atoms with Crippen molar-refractivity contribution in [2.75, 3.05) is 6.79 Å². The molecular weight excluding hydrogens is 244 g/mol. The van der Waals surface area contributed by atoms with Crippen molar-refractivity contribution in [2.24, 2.45) is 0 Å². The zero-order valence-electron chi connectivity index (χ0n) is 9.25. The Morgan fingerprint density at radius 3 is 2.65 bits per heavy atom. The summed E-state index contributed by atoms with van der Waals surface area (Å²) in [7, 11) is -3.91. The van der Waals surface area contributed by atoms with Gasteiger partial charge in [0.15, 0.2) is 0 Å². The fourth-order valence-electron chi connectivity index (χ4n) is 1.10. The van der Waals surface area contributed by atoms with Crippen LogP contribution in [0.25, 0.3) is 0 Å². The second-order valence-electron chi connectivity index (χ2n) is 3.12. The van der Waals surface area contributed by atoms with Gasteiger partial charge in [-0.15, -0.1) is 0 Å². The largest absolute Gasteiger partial charge is 0.434 e. The van der Waals surface area contributed by atoms with E-state index in [0.29, 0.717) is 5.56 Å². The minimum absolute atomic E-state index is 0.0506. The molecule has 0 amide bonds. The SMILES string of the molecule is C=CC(=O)OCOS(=O)(=O)c1ccccc1C. The maximum atomic E-state index is 11.7. The van der Waals surface area contributed by atoms with Crippen LogP contribution in [0.4, 0.5) is 0 Å². The van der Waals surface area contributed by atoms with Crippen LogP contribution in [0, 0.1) is 6.92 Å². The predicted octanol–water partition coefficient (Wildman–Crippen LogP) is 1.39. The summed E-state index contributed by atoms with van der Waals surface area (Å²) in [6.45, 7) is 4.15. The van der Waals surface area contributed by atoms with Crippen LogP contribution in [-0.4, -0.2) is 21.2 Å². The molecule has 92 valence electrons. The second-order valence-corrected chi connectivity index (χ2v) is 4.71. The van der Waals surface area contributed by atoms with Crippen LogP contribution in [0.15, 0.2) is 41.8 Å². The van der Waals surface area contributed by atoms with Gasteiger partial charge in [0.1, 0.15) is 0 Å². The summed E-state index contributed by atoms with van der Waals surface area (Å²) in [5.74, 6) is -0.745. The zero-order valence-corrected chi connectivity index (χ0v) is 10.1. The quantitative estimate of drug-likeness (QED) is 0.344. The van der Waals surface area contributed by atoms with Gasteiger partial charge in [0.05, 0.1) is 4.90 Å². The average molecular weight is 256 g/mol. The van der Waals surface area contributed by atoms with Gasteiger partial charge in [-0.2, -0.15) is 8.42 Å². The first-order valence-electron chi connectivity index (χ1n) is 4.71. The molecule has 0 spiro atoms. The summed E-state index contributed by atoms with van der Waals surface area (Å²) >= 11 is 0. The molecule has 0 saturated carbocycles. The van der Waals surface area contributed by atoms with Crippen LogP contribution >= 0.6 is 0 Å². The Bertz CT molecular complexity index is 518. The standard InChI is InChI=1S/C11H12O5S/c1-3-11(12)15-8-16-17(13,14)10-7-5-4-6-9(10)2/h3-7H,1,8H2,2H3. The van der Waals surface area contributed by atoms with Gasteiger partial charge in [-0.05, 0) is 18.6 Å². The Balaban J connectivity index is 2.73. The number of benzene rings is 1. The number of ether oxygens (including phenoxy) is 1. The lowest BCUT2D eigenvalue weighted by Gasteiger charge is -2.07. The van der Waals surface area contributed by atoms with E-state index in [1.54, 1.807) is 25.1 Å². The highest BCUT2D eigenvalue weighted by Gasteiger charge is 2.17. The average Bonchev–Trinajstić information content (AvgIpc) is 2.28. The second kappa shape index (κ2) is 5.60. The first-order chi connectivity index (χ1) is 7.97. The number of hydrogen-bond donors (Lipinski definition) is 0. The molecule has 0 heterocycles. The van der Waals surface area contributed by atoms with Gasteiger partial charge >= 0.3 is 5.97 Å². The van der Waals surface area contributed by atoms with Crippen LogP contribution < -0.4 is 0 Å². The molecule has 0 radical (unpaired) electrons. The van der Waals surface area contributed by atoms with Crippen molar-refractivity contribution in [3.8, 4) is 0 Å². The number of carbonyl (C=O) groups is 1. The third kappa shape index (κ3) is 3.69. The first kappa shape index (κ1) is 13.4. The molecule has 5 nitrogen and oxygen atoms in total. The van der Waals surface area contributed by atoms with Gasteiger partial charge in [-0.3, -0.25) is 0 Å². The topological polar surface area (TPSA) is 69.7 Å². The van der Waals surface area contributed by atoms with Gasteiger partial charge < -0.3 is 4.74 Å². The van der Waals surface area contributed by atoms with Crippen molar-refractivity contribution in [3.63, 3.8) is 0 Å². The van der Waals surface area contributed by atoms with Crippen molar-refractivity contribution in [3.05, 3.63) is 42.5 Å². The number of esters is 1. The van der Waals surface area contributed by atoms with Crippen molar-refractivity contribution >= 4 is 16.1 Å². The zero-order chi connectivity index (χ0) is 12.9. The van der Waals surface area contributed by atoms with Crippen LogP contribution in [0.3, 0.4) is 0 Å². The van der Waals surface area contributed by atoms with E-state index in [1.165, 1.54) is 6.07 Å². The van der Waals surface area contributed by atoms with E-state index in [9.17, 15) is 13.2 Å². The number of rotatable bonds is 5. The molecule has 1 rings (SSSR count). The van der Waals surface area contributed by atoms with Crippen molar-refractivity contribution in [2.45, 2.75) is 11.8 Å². The first-order valence-corrected chi connectivity index (χ1v) is 6.12. The molecular formula is C11H12O5S. The van der Waals surface area contributed by atoms with E-state index in [-0.39, 0.29) is 4.90 Å². The lowest BCUT2D eigenvalue weighted by Crippen LogP contribution is -2.13. The monoisotopic (exact) mass is 256 g/mol. The van der Waals surface area contributed by atoms with Gasteiger partial charge in [-0.25, -0.2) is 8.98 Å². The lowest BCUT2D eigenvalue weighted by molar-refractivity contribution is -0.143. The molecule has 6 heteroatoms. The fraction of sp³-hybridized carbons (Fsp3) is 0.182. The van der Waals surface area contributed by atoms with Crippen LogP contribution in [0.1, 0.15) is 5.56 Å². The Kier molecular flexibility index (Phi) is 4.42. The minimum atomic E-state index is -3.91. The van der Waals surface area contributed by atoms with Crippen LogP contribution in [0.5, 0.6) is 0 Å². The highest BCUT2D eigenvalue weighted by atomic mass is 32.2. The molecule has 0 N–H and O–H groups in total. The third-order valence-electron chi connectivity index (χ3n) is 1.93. The van der Waals surface area contributed by atoms with E-state index in [4.69, 9.17) is 0 Å². The molecule has 0 unspecified atom stereocenters. The van der Waals surface area contributed by atoms with Crippen LogP contribution in [-0.2, 0) is 23.8 Å². The Morgan fingerprint density at radius 1 is 1.41 bits per heavy atom. The fourth-order valence-corrected chi connectivity index (χ4v) is 2.11. The molecule has 0 aliphatic carbocycles. The van der Waals surface area contributed by atoms with Crippen LogP contribution in [0.2, 0.25) is 0 Å². The molecule has 0 bridgehead atoms. The van der Waals surface area contributed by atoms with E-state index < -0.39 is 22.9 Å². The molecule has 1 aromatic carbocycles. The maximum absolute atomic E-state index is 11.7. The summed E-state index contributed by atoms with van der Waals surface area (Å²) in [5.41, 5.74) is 0.558. The molecule has 0 saturated heterocycles. The lowest BCUT2D eigenvalue weighted by atomic mass is 10.2. The molecule has 0 aliphatic heterocycles.